The second-order valence-electron chi connectivity index (χ2n) is 8.00. The van der Waals surface area contributed by atoms with Crippen LogP contribution in [-0.4, -0.2) is 41.7 Å². The van der Waals surface area contributed by atoms with Crippen LogP contribution in [0.2, 0.25) is 0 Å². The van der Waals surface area contributed by atoms with Crippen molar-refractivity contribution in [3.63, 3.8) is 0 Å². The summed E-state index contributed by atoms with van der Waals surface area (Å²) < 4.78 is 5.76. The Bertz CT molecular complexity index is 827. The molecule has 3 saturated heterocycles. The summed E-state index contributed by atoms with van der Waals surface area (Å²) in [6.07, 6.45) is 1.88. The fraction of sp³-hybridized carbons (Fsp3) is 0.500. The van der Waals surface area contributed by atoms with E-state index in [2.05, 4.69) is 10.2 Å². The van der Waals surface area contributed by atoms with Crippen molar-refractivity contribution in [2.24, 2.45) is 5.92 Å². The number of anilines is 1. The van der Waals surface area contributed by atoms with Gasteiger partial charge in [0.1, 0.15) is 11.1 Å². The van der Waals surface area contributed by atoms with E-state index in [9.17, 15) is 4.79 Å². The number of benzene rings is 1. The number of nitrogens with zero attached hydrogens (tertiary/aromatic N) is 2. The first kappa shape index (κ1) is 18.3. The lowest BCUT2D eigenvalue weighted by Crippen LogP contribution is -2.53. The maximum absolute atomic E-state index is 12.5. The van der Waals surface area contributed by atoms with Crippen LogP contribution in [0.5, 0.6) is 0 Å². The number of rotatable bonds is 4. The summed E-state index contributed by atoms with van der Waals surface area (Å²) in [7, 11) is 0. The molecule has 1 amide bonds. The van der Waals surface area contributed by atoms with E-state index >= 15 is 0 Å². The Balaban J connectivity index is 1.41. The Kier molecular flexibility index (Phi) is 4.82. The Hall–Kier alpha value is -2.12. The highest BCUT2D eigenvalue weighted by atomic mass is 32.1. The molecule has 0 saturated carbocycles. The summed E-state index contributed by atoms with van der Waals surface area (Å²) in [5, 5.41) is 5.86. The predicted octanol–water partition coefficient (Wildman–Crippen LogP) is 3.45. The van der Waals surface area contributed by atoms with Gasteiger partial charge < -0.3 is 15.8 Å². The van der Waals surface area contributed by atoms with Gasteiger partial charge in [0.2, 0.25) is 0 Å². The van der Waals surface area contributed by atoms with E-state index < -0.39 is 5.54 Å². The third kappa shape index (κ3) is 3.94. The first-order valence-electron chi connectivity index (χ1n) is 9.44. The third-order valence-electron chi connectivity index (χ3n) is 5.55. The molecule has 7 heteroatoms. The molecule has 1 atom stereocenters. The number of carbonyl (C=O) groups is 1. The van der Waals surface area contributed by atoms with Gasteiger partial charge in [-0.1, -0.05) is 12.1 Å². The zero-order chi connectivity index (χ0) is 19.0. The van der Waals surface area contributed by atoms with Crippen LogP contribution in [0.25, 0.3) is 10.6 Å². The molecule has 0 spiro atoms. The van der Waals surface area contributed by atoms with E-state index in [1.165, 1.54) is 0 Å². The van der Waals surface area contributed by atoms with Crippen molar-refractivity contribution in [3.05, 3.63) is 35.3 Å². The second-order valence-corrected chi connectivity index (χ2v) is 8.85. The van der Waals surface area contributed by atoms with Crippen LogP contribution >= 0.6 is 11.3 Å². The second kappa shape index (κ2) is 7.13. The molecule has 0 radical (unpaired) electrons. The fourth-order valence-electron chi connectivity index (χ4n) is 3.90. The van der Waals surface area contributed by atoms with Crippen LogP contribution in [0.1, 0.15) is 32.4 Å². The SMILES string of the molecule is CC(C)(NC(=O)O[C@@H]1CN2CCC1CC2)c1csc(-c2cccc(N)c2)n1. The molecule has 3 aliphatic rings. The van der Waals surface area contributed by atoms with Crippen LogP contribution in [0, 0.1) is 5.92 Å². The van der Waals surface area contributed by atoms with E-state index in [1.54, 1.807) is 11.3 Å². The molecule has 144 valence electrons. The molecule has 1 aromatic carbocycles. The Morgan fingerprint density at radius 3 is 2.81 bits per heavy atom. The molecule has 2 bridgehead atoms. The molecule has 5 rings (SSSR count). The maximum atomic E-state index is 12.5. The highest BCUT2D eigenvalue weighted by Gasteiger charge is 2.37. The fourth-order valence-corrected chi connectivity index (χ4v) is 4.88. The van der Waals surface area contributed by atoms with Crippen LogP contribution in [0.15, 0.2) is 29.6 Å². The number of piperidine rings is 3. The number of ether oxygens (including phenoxy) is 1. The zero-order valence-corrected chi connectivity index (χ0v) is 16.6. The van der Waals surface area contributed by atoms with E-state index in [1.807, 2.05) is 43.5 Å². The van der Waals surface area contributed by atoms with Crippen LogP contribution in [0.3, 0.4) is 0 Å². The van der Waals surface area contributed by atoms with Gasteiger partial charge >= 0.3 is 6.09 Å². The number of aromatic nitrogens is 1. The van der Waals surface area contributed by atoms with E-state index in [0.717, 1.165) is 48.7 Å². The minimum Gasteiger partial charge on any atom is -0.445 e. The average Bonchev–Trinajstić information content (AvgIpc) is 3.13. The first-order valence-corrected chi connectivity index (χ1v) is 10.3. The monoisotopic (exact) mass is 386 g/mol. The summed E-state index contributed by atoms with van der Waals surface area (Å²) in [5.74, 6) is 0.498. The number of nitrogens with two attached hydrogens (primary N) is 1. The van der Waals surface area contributed by atoms with E-state index in [-0.39, 0.29) is 12.2 Å². The number of hydrogen-bond acceptors (Lipinski definition) is 6. The van der Waals surface area contributed by atoms with E-state index in [0.29, 0.717) is 11.6 Å². The van der Waals surface area contributed by atoms with Crippen molar-refractivity contribution >= 4 is 23.1 Å². The van der Waals surface area contributed by atoms with E-state index in [4.69, 9.17) is 15.5 Å². The van der Waals surface area contributed by atoms with Crippen molar-refractivity contribution in [3.8, 4) is 10.6 Å². The van der Waals surface area contributed by atoms with Gasteiger partial charge in [0.15, 0.2) is 0 Å². The minimum atomic E-state index is -0.611. The van der Waals surface area contributed by atoms with Gasteiger partial charge in [-0.25, -0.2) is 9.78 Å². The van der Waals surface area contributed by atoms with Crippen molar-refractivity contribution in [2.75, 3.05) is 25.4 Å². The first-order chi connectivity index (χ1) is 12.9. The molecule has 1 aromatic heterocycles. The third-order valence-corrected chi connectivity index (χ3v) is 6.44. The molecule has 2 aromatic rings. The molecule has 3 aliphatic heterocycles. The van der Waals surface area contributed by atoms with Gasteiger partial charge in [0, 0.05) is 23.2 Å². The minimum absolute atomic E-state index is 0.00147. The largest absolute Gasteiger partial charge is 0.445 e. The van der Waals surface area contributed by atoms with Crippen molar-refractivity contribution in [1.29, 1.82) is 0 Å². The predicted molar refractivity (Wildman–Crippen MR) is 108 cm³/mol. The summed E-state index contributed by atoms with van der Waals surface area (Å²) >= 11 is 1.55. The highest BCUT2D eigenvalue weighted by molar-refractivity contribution is 7.13. The Morgan fingerprint density at radius 1 is 1.37 bits per heavy atom. The molecular formula is C20H26N4O2S. The number of amides is 1. The van der Waals surface area contributed by atoms with Crippen molar-refractivity contribution in [2.45, 2.75) is 38.3 Å². The quantitative estimate of drug-likeness (QED) is 0.787. The van der Waals surface area contributed by atoms with Crippen molar-refractivity contribution < 1.29 is 9.53 Å². The summed E-state index contributed by atoms with van der Waals surface area (Å²) in [6, 6.07) is 7.67. The molecule has 27 heavy (non-hydrogen) atoms. The van der Waals surface area contributed by atoms with Gasteiger partial charge in [-0.3, -0.25) is 4.90 Å². The standard InChI is InChI=1S/C20H26N4O2S/c1-20(2,17-12-27-18(22-17)14-4-3-5-15(21)10-14)23-19(25)26-16-11-24-8-6-13(16)7-9-24/h3-5,10,12-13,16H,6-9,11,21H2,1-2H3,(H,23,25)/t16-/m1/s1. The van der Waals surface area contributed by atoms with Gasteiger partial charge in [-0.2, -0.15) is 0 Å². The summed E-state index contributed by atoms with van der Waals surface area (Å²) in [6.45, 7) is 7.01. The van der Waals surface area contributed by atoms with Crippen LogP contribution in [-0.2, 0) is 10.3 Å². The lowest BCUT2D eigenvalue weighted by atomic mass is 9.86. The summed E-state index contributed by atoms with van der Waals surface area (Å²) in [5.41, 5.74) is 7.77. The number of nitrogen functional groups attached to an aromatic ring is 1. The lowest BCUT2D eigenvalue weighted by Gasteiger charge is -2.44. The van der Waals surface area contributed by atoms with Crippen LogP contribution in [0.4, 0.5) is 10.5 Å². The number of thiazole rings is 1. The number of nitrogens with one attached hydrogen (secondary N) is 1. The molecule has 6 nitrogen and oxygen atoms in total. The molecular weight excluding hydrogens is 360 g/mol. The number of alkyl carbamates (subject to hydrolysis) is 1. The molecule has 4 heterocycles. The molecule has 0 aliphatic carbocycles. The maximum Gasteiger partial charge on any atom is 0.408 e. The summed E-state index contributed by atoms with van der Waals surface area (Å²) in [4.78, 5) is 19.6. The van der Waals surface area contributed by atoms with Crippen molar-refractivity contribution in [1.82, 2.24) is 15.2 Å². The van der Waals surface area contributed by atoms with Gasteiger partial charge in [0.25, 0.3) is 0 Å². The molecule has 3 fully saturated rings. The highest BCUT2D eigenvalue weighted by Crippen LogP contribution is 2.31. The Labute approximate surface area is 163 Å². The molecule has 0 unspecified atom stereocenters. The normalized spacial score (nSPS) is 24.6. The zero-order valence-electron chi connectivity index (χ0n) is 15.8. The number of carbonyl (C=O) groups excluding carboxylic acids is 1. The number of fused-ring (bicyclic) bond motifs is 3. The van der Waals surface area contributed by atoms with Gasteiger partial charge in [-0.05, 0) is 57.8 Å². The van der Waals surface area contributed by atoms with Crippen LogP contribution < -0.4 is 11.1 Å². The smallest absolute Gasteiger partial charge is 0.408 e. The average molecular weight is 387 g/mol. The molecule has 3 N–H and O–H groups in total. The number of hydrogen-bond donors (Lipinski definition) is 2. The topological polar surface area (TPSA) is 80.5 Å². The van der Waals surface area contributed by atoms with Gasteiger partial charge in [-0.15, -0.1) is 11.3 Å². The van der Waals surface area contributed by atoms with Gasteiger partial charge in [0.05, 0.1) is 11.2 Å². The lowest BCUT2D eigenvalue weighted by molar-refractivity contribution is -0.0350. The Morgan fingerprint density at radius 2 is 2.15 bits per heavy atom.